The number of anilines is 1. The lowest BCUT2D eigenvalue weighted by Crippen LogP contribution is -2.46. The summed E-state index contributed by atoms with van der Waals surface area (Å²) in [7, 11) is 0. The molecule has 21 heavy (non-hydrogen) atoms. The number of piperidine rings is 1. The minimum atomic E-state index is -0.771. The molecule has 0 spiro atoms. The number of carbonyl (C=O) groups excluding carboxylic acids is 1. The number of halogens is 1. The molecule has 6 heteroatoms. The monoisotopic (exact) mass is 310 g/mol. The van der Waals surface area contributed by atoms with Crippen molar-refractivity contribution in [3.63, 3.8) is 0 Å². The van der Waals surface area contributed by atoms with Gasteiger partial charge in [-0.25, -0.2) is 0 Å². The molecule has 1 aromatic rings. The Morgan fingerprint density at radius 2 is 2.00 bits per heavy atom. The zero-order valence-electron chi connectivity index (χ0n) is 11.9. The summed E-state index contributed by atoms with van der Waals surface area (Å²) in [5.41, 5.74) is 5.86. The smallest absolute Gasteiger partial charge is 0.309 e. The first-order valence-electron chi connectivity index (χ1n) is 6.97. The van der Waals surface area contributed by atoms with Crippen LogP contribution in [0, 0.1) is 5.41 Å². The van der Waals surface area contributed by atoms with Gasteiger partial charge in [-0.1, -0.05) is 18.5 Å². The molecule has 0 unspecified atom stereocenters. The Kier molecular flexibility index (Phi) is 4.42. The fourth-order valence-corrected chi connectivity index (χ4v) is 2.83. The molecule has 0 atom stereocenters. The molecule has 0 aliphatic carbocycles. The molecule has 1 aromatic carbocycles. The number of hydrogen-bond donors (Lipinski definition) is 2. The van der Waals surface area contributed by atoms with E-state index in [2.05, 4.69) is 0 Å². The van der Waals surface area contributed by atoms with Gasteiger partial charge in [-0.3, -0.25) is 9.59 Å². The highest BCUT2D eigenvalue weighted by Gasteiger charge is 2.40. The normalized spacial score (nSPS) is 17.5. The van der Waals surface area contributed by atoms with E-state index >= 15 is 0 Å². The van der Waals surface area contributed by atoms with Gasteiger partial charge in [0.05, 0.1) is 16.1 Å². The number of nitrogens with zero attached hydrogens (tertiary/aromatic N) is 1. The van der Waals surface area contributed by atoms with Gasteiger partial charge in [-0.2, -0.15) is 0 Å². The molecule has 1 aliphatic heterocycles. The van der Waals surface area contributed by atoms with Crippen molar-refractivity contribution in [2.45, 2.75) is 26.2 Å². The lowest BCUT2D eigenvalue weighted by atomic mass is 9.76. The summed E-state index contributed by atoms with van der Waals surface area (Å²) < 4.78 is 0. The SMILES string of the molecule is CCC1(C(=O)O)CCN(C(=O)c2ccc(Cl)c(N)c2)CC1. The van der Waals surface area contributed by atoms with Crippen LogP contribution >= 0.6 is 11.6 Å². The highest BCUT2D eigenvalue weighted by Crippen LogP contribution is 2.35. The predicted molar refractivity (Wildman–Crippen MR) is 81.4 cm³/mol. The number of rotatable bonds is 3. The van der Waals surface area contributed by atoms with Crippen LogP contribution in [0.15, 0.2) is 18.2 Å². The lowest BCUT2D eigenvalue weighted by molar-refractivity contribution is -0.152. The maximum Gasteiger partial charge on any atom is 0.309 e. The zero-order valence-corrected chi connectivity index (χ0v) is 12.7. The molecule has 2 rings (SSSR count). The number of benzene rings is 1. The Morgan fingerprint density at radius 1 is 1.38 bits per heavy atom. The van der Waals surface area contributed by atoms with Crippen molar-refractivity contribution >= 4 is 29.2 Å². The van der Waals surface area contributed by atoms with Crippen LogP contribution in [0.1, 0.15) is 36.5 Å². The Balaban J connectivity index is 2.09. The third-order valence-corrected chi connectivity index (χ3v) is 4.73. The van der Waals surface area contributed by atoms with Crippen LogP contribution in [-0.4, -0.2) is 35.0 Å². The first-order chi connectivity index (χ1) is 9.89. The molecule has 1 amide bonds. The van der Waals surface area contributed by atoms with Crippen LogP contribution in [0.25, 0.3) is 0 Å². The van der Waals surface area contributed by atoms with E-state index in [-0.39, 0.29) is 5.91 Å². The van der Waals surface area contributed by atoms with E-state index in [1.165, 1.54) is 0 Å². The molecule has 0 radical (unpaired) electrons. The fraction of sp³-hybridized carbons (Fsp3) is 0.467. The van der Waals surface area contributed by atoms with E-state index in [1.807, 2.05) is 6.92 Å². The van der Waals surface area contributed by atoms with Gasteiger partial charge >= 0.3 is 5.97 Å². The molecule has 3 N–H and O–H groups in total. The summed E-state index contributed by atoms with van der Waals surface area (Å²) in [6.07, 6.45) is 1.54. The summed E-state index contributed by atoms with van der Waals surface area (Å²) in [6.45, 7) is 2.77. The largest absolute Gasteiger partial charge is 0.481 e. The molecular formula is C15H19ClN2O3. The molecule has 5 nitrogen and oxygen atoms in total. The molecule has 1 fully saturated rings. The number of carboxylic acid groups (broad SMARTS) is 1. The summed E-state index contributed by atoms with van der Waals surface area (Å²) in [6, 6.07) is 4.80. The van der Waals surface area contributed by atoms with Gasteiger partial charge in [-0.15, -0.1) is 0 Å². The zero-order chi connectivity index (χ0) is 15.6. The highest BCUT2D eigenvalue weighted by atomic mass is 35.5. The van der Waals surface area contributed by atoms with Gasteiger partial charge in [0.25, 0.3) is 5.91 Å². The number of carboxylic acids is 1. The second-order valence-electron chi connectivity index (χ2n) is 5.47. The number of likely N-dealkylation sites (tertiary alicyclic amines) is 1. The van der Waals surface area contributed by atoms with Crippen LogP contribution in [0.2, 0.25) is 5.02 Å². The molecule has 114 valence electrons. The van der Waals surface area contributed by atoms with E-state index in [4.69, 9.17) is 17.3 Å². The molecule has 0 saturated carbocycles. The van der Waals surface area contributed by atoms with Crippen LogP contribution in [0.5, 0.6) is 0 Å². The number of aliphatic carboxylic acids is 1. The van der Waals surface area contributed by atoms with Crippen molar-refractivity contribution in [2.75, 3.05) is 18.8 Å². The van der Waals surface area contributed by atoms with Crippen molar-refractivity contribution in [3.05, 3.63) is 28.8 Å². The molecule has 0 aromatic heterocycles. The Labute approximate surface area is 128 Å². The average molecular weight is 311 g/mol. The van der Waals surface area contributed by atoms with Crippen LogP contribution in [0.3, 0.4) is 0 Å². The first kappa shape index (κ1) is 15.6. The third kappa shape index (κ3) is 2.97. The first-order valence-corrected chi connectivity index (χ1v) is 7.35. The Morgan fingerprint density at radius 3 is 2.48 bits per heavy atom. The summed E-state index contributed by atoms with van der Waals surface area (Å²) in [4.78, 5) is 25.5. The summed E-state index contributed by atoms with van der Waals surface area (Å²) >= 11 is 5.85. The topological polar surface area (TPSA) is 83.6 Å². The standard InChI is InChI=1S/C15H19ClN2O3/c1-2-15(14(20)21)5-7-18(8-6-15)13(19)10-3-4-11(16)12(17)9-10/h3-4,9H,2,5-8,17H2,1H3,(H,20,21). The minimum Gasteiger partial charge on any atom is -0.481 e. The van der Waals surface area contributed by atoms with E-state index in [9.17, 15) is 14.7 Å². The molecule has 1 saturated heterocycles. The maximum atomic E-state index is 12.4. The molecular weight excluding hydrogens is 292 g/mol. The van der Waals surface area contributed by atoms with Crippen LogP contribution in [-0.2, 0) is 4.79 Å². The van der Waals surface area contributed by atoms with Gasteiger partial charge in [-0.05, 0) is 37.5 Å². The van der Waals surface area contributed by atoms with Crippen molar-refractivity contribution in [1.82, 2.24) is 4.90 Å². The number of hydrogen-bond acceptors (Lipinski definition) is 3. The van der Waals surface area contributed by atoms with Crippen molar-refractivity contribution in [3.8, 4) is 0 Å². The Bertz CT molecular complexity index is 566. The van der Waals surface area contributed by atoms with Gasteiger partial charge in [0.1, 0.15) is 0 Å². The Hall–Kier alpha value is -1.75. The molecule has 0 bridgehead atoms. The van der Waals surface area contributed by atoms with Gasteiger partial charge in [0.15, 0.2) is 0 Å². The van der Waals surface area contributed by atoms with E-state index in [1.54, 1.807) is 23.1 Å². The molecule has 1 aliphatic rings. The second kappa shape index (κ2) is 5.93. The van der Waals surface area contributed by atoms with E-state index < -0.39 is 11.4 Å². The summed E-state index contributed by atoms with van der Waals surface area (Å²) in [5, 5.41) is 9.78. The van der Waals surface area contributed by atoms with Crippen molar-refractivity contribution in [2.24, 2.45) is 5.41 Å². The number of nitrogen functional groups attached to an aromatic ring is 1. The van der Waals surface area contributed by atoms with Crippen LogP contribution < -0.4 is 5.73 Å². The number of carbonyl (C=O) groups is 2. The molecule has 1 heterocycles. The lowest BCUT2D eigenvalue weighted by Gasteiger charge is -2.38. The van der Waals surface area contributed by atoms with E-state index in [0.717, 1.165) is 0 Å². The second-order valence-corrected chi connectivity index (χ2v) is 5.87. The minimum absolute atomic E-state index is 0.131. The third-order valence-electron chi connectivity index (χ3n) is 4.38. The number of nitrogens with two attached hydrogens (primary N) is 1. The quantitative estimate of drug-likeness (QED) is 0.841. The predicted octanol–water partition coefficient (Wildman–Crippen LogP) is 2.64. The number of amides is 1. The van der Waals surface area contributed by atoms with Crippen molar-refractivity contribution in [1.29, 1.82) is 0 Å². The van der Waals surface area contributed by atoms with Crippen molar-refractivity contribution < 1.29 is 14.7 Å². The van der Waals surface area contributed by atoms with Crippen LogP contribution in [0.4, 0.5) is 5.69 Å². The van der Waals surface area contributed by atoms with Gasteiger partial charge < -0.3 is 15.7 Å². The fourth-order valence-electron chi connectivity index (χ4n) is 2.72. The van der Waals surface area contributed by atoms with Gasteiger partial charge in [0.2, 0.25) is 0 Å². The highest BCUT2D eigenvalue weighted by molar-refractivity contribution is 6.33. The summed E-state index contributed by atoms with van der Waals surface area (Å²) in [5.74, 6) is -0.902. The average Bonchev–Trinajstić information content (AvgIpc) is 2.49. The van der Waals surface area contributed by atoms with Gasteiger partial charge in [0, 0.05) is 18.7 Å². The van der Waals surface area contributed by atoms with E-state index in [0.29, 0.717) is 48.6 Å². The maximum absolute atomic E-state index is 12.4.